The minimum Gasteiger partial charge on any atom is -0.325 e. The first-order valence-corrected chi connectivity index (χ1v) is 7.75. The van der Waals surface area contributed by atoms with Crippen LogP contribution in [0, 0.1) is 11.6 Å². The van der Waals surface area contributed by atoms with Crippen molar-refractivity contribution >= 4 is 0 Å². The highest BCUT2D eigenvalue weighted by molar-refractivity contribution is 5.62. The standard InChI is InChI=1S/C16H22F2N4/c1-2-3-4-5-6-9-22-16(15(11-19)20-21-22)12-7-8-13(17)14(18)10-12/h7-8,10H,2-6,9,11,19H2,1H3. The van der Waals surface area contributed by atoms with Crippen molar-refractivity contribution in [3.8, 4) is 11.3 Å². The minimum atomic E-state index is -0.879. The van der Waals surface area contributed by atoms with Gasteiger partial charge in [0.2, 0.25) is 0 Å². The average molecular weight is 308 g/mol. The summed E-state index contributed by atoms with van der Waals surface area (Å²) >= 11 is 0. The number of hydrogen-bond acceptors (Lipinski definition) is 3. The number of nitrogens with two attached hydrogens (primary N) is 1. The molecule has 4 nitrogen and oxygen atoms in total. The molecule has 6 heteroatoms. The predicted octanol–water partition coefficient (Wildman–Crippen LogP) is 3.65. The molecule has 0 aliphatic heterocycles. The summed E-state index contributed by atoms with van der Waals surface area (Å²) in [5.74, 6) is -1.74. The fourth-order valence-corrected chi connectivity index (χ4v) is 2.47. The summed E-state index contributed by atoms with van der Waals surface area (Å²) in [4.78, 5) is 0. The summed E-state index contributed by atoms with van der Waals surface area (Å²) < 4.78 is 28.3. The van der Waals surface area contributed by atoms with Crippen LogP contribution in [0.4, 0.5) is 8.78 Å². The first-order chi connectivity index (χ1) is 10.7. The number of benzene rings is 1. The lowest BCUT2D eigenvalue weighted by molar-refractivity contribution is 0.507. The molecule has 0 atom stereocenters. The molecule has 0 radical (unpaired) electrons. The van der Waals surface area contributed by atoms with Gasteiger partial charge in [-0.3, -0.25) is 0 Å². The van der Waals surface area contributed by atoms with Gasteiger partial charge in [-0.15, -0.1) is 5.10 Å². The van der Waals surface area contributed by atoms with E-state index in [9.17, 15) is 8.78 Å². The Morgan fingerprint density at radius 2 is 1.86 bits per heavy atom. The number of unbranched alkanes of at least 4 members (excludes halogenated alkanes) is 4. The van der Waals surface area contributed by atoms with Gasteiger partial charge >= 0.3 is 0 Å². The Morgan fingerprint density at radius 3 is 2.55 bits per heavy atom. The number of aryl methyl sites for hydroxylation is 1. The van der Waals surface area contributed by atoms with Crippen molar-refractivity contribution < 1.29 is 8.78 Å². The smallest absolute Gasteiger partial charge is 0.159 e. The van der Waals surface area contributed by atoms with Crippen LogP contribution in [0.5, 0.6) is 0 Å². The Morgan fingerprint density at radius 1 is 1.09 bits per heavy atom. The van der Waals surface area contributed by atoms with Crippen molar-refractivity contribution in [2.75, 3.05) is 0 Å². The Balaban J connectivity index is 2.18. The molecule has 0 fully saturated rings. The average Bonchev–Trinajstić information content (AvgIpc) is 2.93. The fraction of sp³-hybridized carbons (Fsp3) is 0.500. The molecule has 2 N–H and O–H groups in total. The zero-order valence-corrected chi connectivity index (χ0v) is 12.9. The zero-order valence-electron chi connectivity index (χ0n) is 12.9. The maximum Gasteiger partial charge on any atom is 0.159 e. The van der Waals surface area contributed by atoms with Crippen molar-refractivity contribution in [1.82, 2.24) is 15.0 Å². The molecule has 0 saturated carbocycles. The molecule has 0 bridgehead atoms. The number of hydrogen-bond donors (Lipinski definition) is 1. The summed E-state index contributed by atoms with van der Waals surface area (Å²) in [7, 11) is 0. The third kappa shape index (κ3) is 3.88. The lowest BCUT2D eigenvalue weighted by Gasteiger charge is -2.08. The van der Waals surface area contributed by atoms with E-state index in [0.717, 1.165) is 18.9 Å². The minimum absolute atomic E-state index is 0.212. The molecule has 0 spiro atoms. The van der Waals surface area contributed by atoms with Crippen LogP contribution >= 0.6 is 0 Å². The van der Waals surface area contributed by atoms with Crippen LogP contribution in [0.3, 0.4) is 0 Å². The molecule has 0 unspecified atom stereocenters. The molecule has 1 heterocycles. The fourth-order valence-electron chi connectivity index (χ4n) is 2.47. The topological polar surface area (TPSA) is 56.7 Å². The quantitative estimate of drug-likeness (QED) is 0.757. The maximum atomic E-state index is 13.5. The highest BCUT2D eigenvalue weighted by Crippen LogP contribution is 2.24. The van der Waals surface area contributed by atoms with Crippen LogP contribution in [-0.4, -0.2) is 15.0 Å². The highest BCUT2D eigenvalue weighted by atomic mass is 19.2. The van der Waals surface area contributed by atoms with E-state index in [0.29, 0.717) is 23.5 Å². The van der Waals surface area contributed by atoms with Gasteiger partial charge in [0.1, 0.15) is 5.69 Å². The van der Waals surface area contributed by atoms with Gasteiger partial charge in [0.25, 0.3) is 0 Å². The largest absolute Gasteiger partial charge is 0.325 e. The third-order valence-electron chi connectivity index (χ3n) is 3.66. The third-order valence-corrected chi connectivity index (χ3v) is 3.66. The van der Waals surface area contributed by atoms with Crippen molar-refractivity contribution in [2.45, 2.75) is 52.1 Å². The van der Waals surface area contributed by atoms with Gasteiger partial charge in [0.05, 0.1) is 5.69 Å². The van der Waals surface area contributed by atoms with E-state index in [1.54, 1.807) is 4.68 Å². The van der Waals surface area contributed by atoms with Gasteiger partial charge in [-0.1, -0.05) is 37.8 Å². The molecule has 1 aromatic heterocycles. The maximum absolute atomic E-state index is 13.5. The Labute approximate surface area is 129 Å². The Kier molecular flexibility index (Phi) is 6.00. The zero-order chi connectivity index (χ0) is 15.9. The van der Waals surface area contributed by atoms with E-state index < -0.39 is 11.6 Å². The van der Waals surface area contributed by atoms with E-state index in [-0.39, 0.29) is 6.54 Å². The van der Waals surface area contributed by atoms with Crippen molar-refractivity contribution in [1.29, 1.82) is 0 Å². The number of rotatable bonds is 8. The summed E-state index contributed by atoms with van der Waals surface area (Å²) in [5.41, 5.74) is 7.51. The predicted molar refractivity (Wildman–Crippen MR) is 82.0 cm³/mol. The summed E-state index contributed by atoms with van der Waals surface area (Å²) in [5, 5.41) is 8.15. The van der Waals surface area contributed by atoms with Crippen LogP contribution in [0.25, 0.3) is 11.3 Å². The molecule has 22 heavy (non-hydrogen) atoms. The molecule has 2 aromatic rings. The van der Waals surface area contributed by atoms with Gasteiger partial charge in [0.15, 0.2) is 11.6 Å². The Bertz CT molecular complexity index is 610. The lowest BCUT2D eigenvalue weighted by atomic mass is 10.1. The molecule has 0 amide bonds. The molecular weight excluding hydrogens is 286 g/mol. The molecular formula is C16H22F2N4. The Hall–Kier alpha value is -1.82. The second-order valence-electron chi connectivity index (χ2n) is 5.36. The van der Waals surface area contributed by atoms with Crippen molar-refractivity contribution in [3.05, 3.63) is 35.5 Å². The van der Waals surface area contributed by atoms with Crippen LogP contribution in [-0.2, 0) is 13.1 Å². The highest BCUT2D eigenvalue weighted by Gasteiger charge is 2.15. The van der Waals surface area contributed by atoms with E-state index in [4.69, 9.17) is 5.73 Å². The van der Waals surface area contributed by atoms with Gasteiger partial charge in [-0.2, -0.15) is 0 Å². The van der Waals surface area contributed by atoms with Crippen LogP contribution in [0.1, 0.15) is 44.7 Å². The van der Waals surface area contributed by atoms with Crippen molar-refractivity contribution in [2.24, 2.45) is 5.73 Å². The normalized spacial score (nSPS) is 11.1. The first kappa shape index (κ1) is 16.5. The lowest BCUT2D eigenvalue weighted by Crippen LogP contribution is -2.05. The second kappa shape index (κ2) is 7.98. The first-order valence-electron chi connectivity index (χ1n) is 7.75. The van der Waals surface area contributed by atoms with Crippen LogP contribution < -0.4 is 5.73 Å². The molecule has 1 aromatic carbocycles. The summed E-state index contributed by atoms with van der Waals surface area (Å²) in [6, 6.07) is 3.81. The number of nitrogens with zero attached hydrogens (tertiary/aromatic N) is 3. The number of halogens is 2. The molecule has 2 rings (SSSR count). The van der Waals surface area contributed by atoms with Gasteiger partial charge < -0.3 is 5.73 Å². The number of aromatic nitrogens is 3. The van der Waals surface area contributed by atoms with Crippen LogP contribution in [0.2, 0.25) is 0 Å². The molecule has 120 valence electrons. The van der Waals surface area contributed by atoms with E-state index in [2.05, 4.69) is 17.2 Å². The molecule has 0 aliphatic carbocycles. The molecule has 0 aliphatic rings. The van der Waals surface area contributed by atoms with E-state index in [1.165, 1.54) is 31.4 Å². The van der Waals surface area contributed by atoms with Gasteiger partial charge in [-0.25, -0.2) is 13.5 Å². The molecule has 0 saturated heterocycles. The van der Waals surface area contributed by atoms with Crippen molar-refractivity contribution in [3.63, 3.8) is 0 Å². The summed E-state index contributed by atoms with van der Waals surface area (Å²) in [6.45, 7) is 3.08. The second-order valence-corrected chi connectivity index (χ2v) is 5.36. The van der Waals surface area contributed by atoms with Crippen LogP contribution in [0.15, 0.2) is 18.2 Å². The van der Waals surface area contributed by atoms with E-state index >= 15 is 0 Å². The van der Waals surface area contributed by atoms with E-state index in [1.807, 2.05) is 0 Å². The van der Waals surface area contributed by atoms with Gasteiger partial charge in [0, 0.05) is 18.7 Å². The monoisotopic (exact) mass is 308 g/mol. The summed E-state index contributed by atoms with van der Waals surface area (Å²) in [6.07, 6.45) is 5.70. The SMILES string of the molecule is CCCCCCCn1nnc(CN)c1-c1ccc(F)c(F)c1. The van der Waals surface area contributed by atoms with Gasteiger partial charge in [-0.05, 0) is 24.6 Å².